The maximum Gasteiger partial charge on any atom is 0.319 e. The molecule has 4 aromatic rings. The van der Waals surface area contributed by atoms with Crippen LogP contribution in [0.3, 0.4) is 0 Å². The van der Waals surface area contributed by atoms with Gasteiger partial charge >= 0.3 is 6.03 Å². The lowest BCUT2D eigenvalue weighted by atomic mass is 9.98. The summed E-state index contributed by atoms with van der Waals surface area (Å²) in [6.07, 6.45) is 8.61. The zero-order valence-electron chi connectivity index (χ0n) is 21.8. The average Bonchev–Trinajstić information content (AvgIpc) is 3.59. The van der Waals surface area contributed by atoms with Crippen molar-refractivity contribution >= 4 is 39.3 Å². The molecule has 3 N–H and O–H groups in total. The number of aryl methyl sites for hydroxylation is 1. The number of hydrogen-bond donors (Lipinski definition) is 3. The first kappa shape index (κ1) is 25.9. The number of allylic oxidation sites excluding steroid dienone is 1. The van der Waals surface area contributed by atoms with Crippen LogP contribution in [0.15, 0.2) is 60.4 Å². The van der Waals surface area contributed by atoms with Crippen molar-refractivity contribution in [1.82, 2.24) is 15.3 Å². The molecule has 3 heterocycles. The van der Waals surface area contributed by atoms with E-state index < -0.39 is 0 Å². The summed E-state index contributed by atoms with van der Waals surface area (Å²) in [7, 11) is 0. The van der Waals surface area contributed by atoms with Crippen molar-refractivity contribution in [2.75, 3.05) is 11.9 Å². The zero-order valence-corrected chi connectivity index (χ0v) is 22.6. The van der Waals surface area contributed by atoms with Gasteiger partial charge in [0.25, 0.3) is 0 Å². The van der Waals surface area contributed by atoms with Gasteiger partial charge in [0.05, 0.1) is 20.8 Å². The van der Waals surface area contributed by atoms with Gasteiger partial charge in [0.15, 0.2) is 0 Å². The molecule has 1 aromatic carbocycles. The predicted molar refractivity (Wildman–Crippen MR) is 154 cm³/mol. The third-order valence-electron chi connectivity index (χ3n) is 6.71. The lowest BCUT2D eigenvalue weighted by Gasteiger charge is -2.12. The maximum atomic E-state index is 12.1. The Bertz CT molecular complexity index is 1470. The first-order chi connectivity index (χ1) is 18.4. The third kappa shape index (κ3) is 6.20. The molecule has 5 rings (SSSR count). The van der Waals surface area contributed by atoms with E-state index in [9.17, 15) is 9.90 Å². The van der Waals surface area contributed by atoms with Crippen LogP contribution in [0.4, 0.5) is 10.5 Å². The number of thiophene rings is 1. The number of fused-ring (bicyclic) bond motifs is 1. The van der Waals surface area contributed by atoms with E-state index in [0.717, 1.165) is 68.4 Å². The summed E-state index contributed by atoms with van der Waals surface area (Å²) in [5.41, 5.74) is 5.65. The third-order valence-corrected chi connectivity index (χ3v) is 7.88. The van der Waals surface area contributed by atoms with Crippen LogP contribution in [-0.2, 0) is 0 Å². The number of carbonyl (C=O) groups is 1. The van der Waals surface area contributed by atoms with Crippen molar-refractivity contribution in [3.63, 3.8) is 0 Å². The minimum atomic E-state index is -0.174. The van der Waals surface area contributed by atoms with Crippen LogP contribution in [0.5, 0.6) is 11.5 Å². The van der Waals surface area contributed by atoms with Gasteiger partial charge in [0, 0.05) is 36.8 Å². The largest absolute Gasteiger partial charge is 0.455 e. The van der Waals surface area contributed by atoms with Crippen molar-refractivity contribution in [2.45, 2.75) is 46.1 Å². The zero-order chi connectivity index (χ0) is 26.6. The predicted octanol–water partition coefficient (Wildman–Crippen LogP) is 7.16. The number of hydrogen-bond acceptors (Lipinski definition) is 6. The summed E-state index contributed by atoms with van der Waals surface area (Å²) in [5.74, 6) is 1.78. The first-order valence-electron chi connectivity index (χ1n) is 12.9. The van der Waals surface area contributed by atoms with Crippen LogP contribution in [0, 0.1) is 12.8 Å². The molecule has 196 valence electrons. The molecule has 1 atom stereocenters. The number of ether oxygens (including phenoxy) is 1. The molecule has 0 radical (unpaired) electrons. The fourth-order valence-corrected chi connectivity index (χ4v) is 5.17. The number of aliphatic hydroxyl groups excluding tert-OH is 1. The van der Waals surface area contributed by atoms with Crippen molar-refractivity contribution in [2.24, 2.45) is 5.92 Å². The number of anilines is 1. The first-order valence-corrected chi connectivity index (χ1v) is 13.7. The molecule has 7 nitrogen and oxygen atoms in total. The second kappa shape index (κ2) is 11.3. The van der Waals surface area contributed by atoms with Gasteiger partial charge in [-0.15, -0.1) is 11.3 Å². The van der Waals surface area contributed by atoms with E-state index in [2.05, 4.69) is 41.6 Å². The average molecular weight is 529 g/mol. The van der Waals surface area contributed by atoms with Crippen LogP contribution >= 0.6 is 11.3 Å². The Morgan fingerprint density at radius 3 is 2.74 bits per heavy atom. The van der Waals surface area contributed by atoms with Crippen LogP contribution in [-0.4, -0.2) is 33.8 Å². The molecule has 1 unspecified atom stereocenters. The Balaban J connectivity index is 1.32. The second-order valence-corrected chi connectivity index (χ2v) is 10.9. The Hall–Kier alpha value is -3.75. The van der Waals surface area contributed by atoms with Crippen LogP contribution in [0.1, 0.15) is 44.2 Å². The summed E-state index contributed by atoms with van der Waals surface area (Å²) in [6, 6.07) is 13.8. The van der Waals surface area contributed by atoms with E-state index in [1.165, 1.54) is 5.57 Å². The summed E-state index contributed by atoms with van der Waals surface area (Å²) in [4.78, 5) is 22.3. The van der Waals surface area contributed by atoms with E-state index in [1.54, 1.807) is 17.5 Å². The van der Waals surface area contributed by atoms with E-state index >= 15 is 0 Å². The smallest absolute Gasteiger partial charge is 0.319 e. The fourth-order valence-electron chi connectivity index (χ4n) is 4.12. The molecule has 8 heteroatoms. The highest BCUT2D eigenvalue weighted by Gasteiger charge is 2.23. The monoisotopic (exact) mass is 528 g/mol. The van der Waals surface area contributed by atoms with Crippen LogP contribution < -0.4 is 15.4 Å². The van der Waals surface area contributed by atoms with Crippen molar-refractivity contribution in [3.8, 4) is 22.1 Å². The number of benzene rings is 1. The lowest BCUT2D eigenvalue weighted by molar-refractivity contribution is 0.251. The van der Waals surface area contributed by atoms with Gasteiger partial charge in [-0.05, 0) is 80.5 Å². The van der Waals surface area contributed by atoms with Crippen molar-refractivity contribution in [3.05, 3.63) is 71.6 Å². The molecule has 0 spiro atoms. The standard InChI is InChI=1S/C30H32N4O3S/c1-18(11-13-35)19(2)14-21-4-8-24(32-17-21)28-16-25-29(38-28)27(10-12-31-25)37-26-9-7-23(15-20(26)3)34-30(36)33-22-5-6-22/h4,7-10,12,14-18,22,35H,5-6,11,13H2,1-3H3,(H2,33,34,36). The molecule has 1 saturated carbocycles. The number of rotatable bonds is 9. The number of pyridine rings is 2. The maximum absolute atomic E-state index is 12.1. The molecule has 38 heavy (non-hydrogen) atoms. The lowest BCUT2D eigenvalue weighted by Crippen LogP contribution is -2.30. The molecule has 0 saturated heterocycles. The summed E-state index contributed by atoms with van der Waals surface area (Å²) in [6.45, 7) is 6.36. The molecule has 0 aliphatic heterocycles. The Labute approximate surface area is 226 Å². The number of urea groups is 1. The topological polar surface area (TPSA) is 96.4 Å². The van der Waals surface area contributed by atoms with E-state index in [-0.39, 0.29) is 12.6 Å². The highest BCUT2D eigenvalue weighted by atomic mass is 32.1. The normalized spacial score (nSPS) is 14.4. The molecule has 1 fully saturated rings. The molecular formula is C30H32N4O3S. The summed E-state index contributed by atoms with van der Waals surface area (Å²) in [5, 5.41) is 15.0. The Morgan fingerprint density at radius 1 is 1.18 bits per heavy atom. The van der Waals surface area contributed by atoms with Gasteiger partial charge in [-0.3, -0.25) is 9.97 Å². The molecular weight excluding hydrogens is 496 g/mol. The van der Waals surface area contributed by atoms with Gasteiger partial charge in [-0.2, -0.15) is 0 Å². The molecule has 0 bridgehead atoms. The minimum absolute atomic E-state index is 0.174. The Kier molecular flexibility index (Phi) is 7.72. The number of nitrogens with zero attached hydrogens (tertiary/aromatic N) is 2. The van der Waals surface area contributed by atoms with Crippen molar-refractivity contribution < 1.29 is 14.6 Å². The second-order valence-electron chi connectivity index (χ2n) is 9.87. The fraction of sp³-hybridized carbons (Fsp3) is 0.300. The van der Waals surface area contributed by atoms with Gasteiger partial charge in [-0.25, -0.2) is 4.79 Å². The van der Waals surface area contributed by atoms with E-state index in [0.29, 0.717) is 12.0 Å². The number of nitrogens with one attached hydrogen (secondary N) is 2. The summed E-state index contributed by atoms with van der Waals surface area (Å²) < 4.78 is 7.26. The molecule has 1 aliphatic rings. The van der Waals surface area contributed by atoms with E-state index in [4.69, 9.17) is 9.72 Å². The SMILES string of the molecule is CC(=Cc1ccc(-c2cc3nccc(Oc4ccc(NC(=O)NC5CC5)cc4C)c3s2)nc1)C(C)CCO. The van der Waals surface area contributed by atoms with Gasteiger partial charge in [0.2, 0.25) is 0 Å². The van der Waals surface area contributed by atoms with Gasteiger partial charge in [0.1, 0.15) is 11.5 Å². The van der Waals surface area contributed by atoms with E-state index in [1.807, 2.05) is 49.5 Å². The number of amides is 2. The van der Waals surface area contributed by atoms with Gasteiger partial charge in [-0.1, -0.05) is 24.6 Å². The quantitative estimate of drug-likeness (QED) is 0.214. The number of carbonyl (C=O) groups excluding carboxylic acids is 1. The molecule has 2 amide bonds. The molecule has 1 aliphatic carbocycles. The summed E-state index contributed by atoms with van der Waals surface area (Å²) >= 11 is 1.60. The minimum Gasteiger partial charge on any atom is -0.455 e. The van der Waals surface area contributed by atoms with Crippen LogP contribution in [0.25, 0.3) is 26.9 Å². The Morgan fingerprint density at radius 2 is 2.03 bits per heavy atom. The highest BCUT2D eigenvalue weighted by molar-refractivity contribution is 7.22. The number of aromatic nitrogens is 2. The highest BCUT2D eigenvalue weighted by Crippen LogP contribution is 2.39. The number of aliphatic hydroxyl groups is 1. The molecule has 3 aromatic heterocycles. The van der Waals surface area contributed by atoms with Crippen molar-refractivity contribution in [1.29, 1.82) is 0 Å². The van der Waals surface area contributed by atoms with Crippen LogP contribution in [0.2, 0.25) is 0 Å². The van der Waals surface area contributed by atoms with Gasteiger partial charge < -0.3 is 20.5 Å².